The van der Waals surface area contributed by atoms with Gasteiger partial charge in [-0.3, -0.25) is 0 Å². The van der Waals surface area contributed by atoms with Crippen molar-refractivity contribution < 1.29 is 19.0 Å². The van der Waals surface area contributed by atoms with Crippen molar-refractivity contribution in [3.8, 4) is 11.5 Å². The Balaban J connectivity index is 2.34. The smallest absolute Gasteiger partial charge is 0.408 e. The molecule has 1 saturated heterocycles. The zero-order valence-electron chi connectivity index (χ0n) is 10.8. The quantitative estimate of drug-likeness (QED) is 0.889. The first-order valence-electron chi connectivity index (χ1n) is 5.87. The topological polar surface area (TPSA) is 56.8 Å². The molecule has 0 saturated carbocycles. The highest BCUT2D eigenvalue weighted by atomic mass is 16.6. The Bertz CT molecular complexity index is 460. The molecular formula is C13H17NO4. The second-order valence-corrected chi connectivity index (χ2v) is 4.27. The van der Waals surface area contributed by atoms with Crippen LogP contribution in [0.3, 0.4) is 0 Å². The number of methoxy groups -OCH3 is 1. The normalized spacial score (nSPS) is 22.3. The Morgan fingerprint density at radius 3 is 2.78 bits per heavy atom. The fraction of sp³-hybridized carbons (Fsp3) is 0.462. The average molecular weight is 251 g/mol. The first kappa shape index (κ1) is 12.5. The third kappa shape index (κ3) is 2.20. The Morgan fingerprint density at radius 2 is 2.22 bits per heavy atom. The van der Waals surface area contributed by atoms with E-state index in [1.54, 1.807) is 7.11 Å². The molecule has 5 nitrogen and oxygen atoms in total. The molecule has 1 aliphatic heterocycles. The molecule has 1 aromatic rings. The van der Waals surface area contributed by atoms with Crippen molar-refractivity contribution in [2.75, 3.05) is 20.3 Å². The summed E-state index contributed by atoms with van der Waals surface area (Å²) in [6.07, 6.45) is -0.397. The zero-order valence-corrected chi connectivity index (χ0v) is 10.8. The average Bonchev–Trinajstić information content (AvgIpc) is 2.71. The maximum absolute atomic E-state index is 11.2. The highest BCUT2D eigenvalue weighted by molar-refractivity contribution is 5.70. The number of carbonyl (C=O) groups excluding carboxylic acids is 1. The van der Waals surface area contributed by atoms with Crippen LogP contribution in [-0.2, 0) is 10.3 Å². The van der Waals surface area contributed by atoms with Crippen molar-refractivity contribution in [3.63, 3.8) is 0 Å². The lowest BCUT2D eigenvalue weighted by Gasteiger charge is -2.22. The van der Waals surface area contributed by atoms with Crippen LogP contribution in [0.15, 0.2) is 18.2 Å². The minimum absolute atomic E-state index is 0.397. The van der Waals surface area contributed by atoms with Crippen molar-refractivity contribution in [2.45, 2.75) is 19.4 Å². The van der Waals surface area contributed by atoms with Crippen LogP contribution >= 0.6 is 0 Å². The zero-order chi connectivity index (χ0) is 13.2. The Hall–Kier alpha value is -1.91. The van der Waals surface area contributed by atoms with Crippen molar-refractivity contribution in [3.05, 3.63) is 23.8 Å². The number of carbonyl (C=O) groups is 1. The molecule has 18 heavy (non-hydrogen) atoms. The van der Waals surface area contributed by atoms with Gasteiger partial charge in [-0.15, -0.1) is 0 Å². The summed E-state index contributed by atoms with van der Waals surface area (Å²) in [6.45, 7) is 4.77. The van der Waals surface area contributed by atoms with E-state index in [4.69, 9.17) is 14.2 Å². The lowest BCUT2D eigenvalue weighted by Crippen LogP contribution is -2.26. The number of nitrogens with one attached hydrogen (secondary N) is 1. The fourth-order valence-electron chi connectivity index (χ4n) is 1.95. The van der Waals surface area contributed by atoms with E-state index < -0.39 is 11.7 Å². The molecule has 1 heterocycles. The van der Waals surface area contributed by atoms with Crippen molar-refractivity contribution >= 4 is 6.09 Å². The van der Waals surface area contributed by atoms with Gasteiger partial charge in [0.15, 0.2) is 17.1 Å². The molecule has 1 atom stereocenters. The number of hydrogen-bond donors (Lipinski definition) is 1. The lowest BCUT2D eigenvalue weighted by molar-refractivity contribution is 0.0701. The molecule has 0 aromatic heterocycles. The molecular weight excluding hydrogens is 234 g/mol. The fourth-order valence-corrected chi connectivity index (χ4v) is 1.95. The molecule has 1 aliphatic rings. The minimum atomic E-state index is -0.658. The van der Waals surface area contributed by atoms with E-state index in [0.717, 1.165) is 5.56 Å². The number of alkyl carbamates (subject to hydrolysis) is 1. The predicted molar refractivity (Wildman–Crippen MR) is 66.0 cm³/mol. The van der Waals surface area contributed by atoms with Gasteiger partial charge < -0.3 is 19.5 Å². The summed E-state index contributed by atoms with van der Waals surface area (Å²) >= 11 is 0. The van der Waals surface area contributed by atoms with Crippen LogP contribution in [0, 0.1) is 0 Å². The molecule has 5 heteroatoms. The third-order valence-electron chi connectivity index (χ3n) is 2.96. The number of hydrogen-bond acceptors (Lipinski definition) is 4. The third-order valence-corrected chi connectivity index (χ3v) is 2.96. The van der Waals surface area contributed by atoms with Crippen LogP contribution in [0.2, 0.25) is 0 Å². The Kier molecular flexibility index (Phi) is 3.32. The van der Waals surface area contributed by atoms with Gasteiger partial charge in [0.25, 0.3) is 0 Å². The summed E-state index contributed by atoms with van der Waals surface area (Å²) in [5.74, 6) is 1.32. The van der Waals surface area contributed by atoms with E-state index >= 15 is 0 Å². The van der Waals surface area contributed by atoms with Crippen LogP contribution in [-0.4, -0.2) is 26.4 Å². The summed E-state index contributed by atoms with van der Waals surface area (Å²) in [4.78, 5) is 11.2. The van der Waals surface area contributed by atoms with Crippen LogP contribution < -0.4 is 14.8 Å². The summed E-state index contributed by atoms with van der Waals surface area (Å²) in [6, 6.07) is 5.54. The molecule has 0 unspecified atom stereocenters. The number of rotatable bonds is 4. The van der Waals surface area contributed by atoms with Crippen LogP contribution in [0.1, 0.15) is 19.4 Å². The molecule has 1 fully saturated rings. The molecule has 1 N–H and O–H groups in total. The second kappa shape index (κ2) is 4.76. The number of cyclic esters (lactones) is 1. The van der Waals surface area contributed by atoms with Gasteiger partial charge in [-0.05, 0) is 26.0 Å². The van der Waals surface area contributed by atoms with Crippen molar-refractivity contribution in [1.82, 2.24) is 5.32 Å². The van der Waals surface area contributed by atoms with Gasteiger partial charge in [0.2, 0.25) is 0 Å². The standard InChI is InChI=1S/C13H17NO4/c1-4-17-11-7-9(5-6-10(11)16-3)13(2)8-14-12(15)18-13/h5-7H,4,8H2,1-3H3,(H,14,15)/t13-/m0/s1. The van der Waals surface area contributed by atoms with Gasteiger partial charge in [0.05, 0.1) is 20.3 Å². The maximum Gasteiger partial charge on any atom is 0.408 e. The van der Waals surface area contributed by atoms with E-state index in [0.29, 0.717) is 24.7 Å². The van der Waals surface area contributed by atoms with E-state index in [2.05, 4.69) is 5.32 Å². The molecule has 0 aliphatic carbocycles. The summed E-state index contributed by atoms with van der Waals surface area (Å²) in [7, 11) is 1.59. The molecule has 1 aromatic carbocycles. The van der Waals surface area contributed by atoms with E-state index in [1.165, 1.54) is 0 Å². The number of amides is 1. The highest BCUT2D eigenvalue weighted by Crippen LogP contribution is 2.35. The van der Waals surface area contributed by atoms with Crippen LogP contribution in [0.25, 0.3) is 0 Å². The maximum atomic E-state index is 11.2. The minimum Gasteiger partial charge on any atom is -0.493 e. The van der Waals surface area contributed by atoms with Crippen molar-refractivity contribution in [1.29, 1.82) is 0 Å². The molecule has 1 amide bonds. The van der Waals surface area contributed by atoms with Gasteiger partial charge in [-0.2, -0.15) is 0 Å². The summed E-state index contributed by atoms with van der Waals surface area (Å²) in [5, 5.41) is 2.66. The largest absolute Gasteiger partial charge is 0.493 e. The van der Waals surface area contributed by atoms with Gasteiger partial charge >= 0.3 is 6.09 Å². The van der Waals surface area contributed by atoms with Gasteiger partial charge in [0.1, 0.15) is 0 Å². The first-order chi connectivity index (χ1) is 8.59. The van der Waals surface area contributed by atoms with Crippen LogP contribution in [0.5, 0.6) is 11.5 Å². The predicted octanol–water partition coefficient (Wildman–Crippen LogP) is 2.05. The number of benzene rings is 1. The molecule has 2 rings (SSSR count). The summed E-state index contributed by atoms with van der Waals surface area (Å²) in [5.41, 5.74) is 0.222. The van der Waals surface area contributed by atoms with Crippen molar-refractivity contribution in [2.24, 2.45) is 0 Å². The summed E-state index contributed by atoms with van der Waals surface area (Å²) < 4.78 is 16.0. The molecule has 98 valence electrons. The first-order valence-corrected chi connectivity index (χ1v) is 5.87. The monoisotopic (exact) mass is 251 g/mol. The highest BCUT2D eigenvalue weighted by Gasteiger charge is 2.37. The SMILES string of the molecule is CCOc1cc([C@]2(C)CNC(=O)O2)ccc1OC. The molecule has 0 bridgehead atoms. The van der Waals surface area contributed by atoms with E-state index in [-0.39, 0.29) is 0 Å². The Morgan fingerprint density at radius 1 is 1.44 bits per heavy atom. The van der Waals surface area contributed by atoms with E-state index in [9.17, 15) is 4.79 Å². The van der Waals surface area contributed by atoms with Gasteiger partial charge in [0, 0.05) is 5.56 Å². The number of ether oxygens (including phenoxy) is 3. The lowest BCUT2D eigenvalue weighted by atomic mass is 9.96. The Labute approximate surface area is 106 Å². The second-order valence-electron chi connectivity index (χ2n) is 4.27. The van der Waals surface area contributed by atoms with Gasteiger partial charge in [-0.25, -0.2) is 4.79 Å². The van der Waals surface area contributed by atoms with E-state index in [1.807, 2.05) is 32.0 Å². The van der Waals surface area contributed by atoms with Crippen LogP contribution in [0.4, 0.5) is 4.79 Å². The van der Waals surface area contributed by atoms with Gasteiger partial charge in [-0.1, -0.05) is 6.07 Å². The molecule has 0 radical (unpaired) electrons. The molecule has 0 spiro atoms.